The predicted octanol–water partition coefficient (Wildman–Crippen LogP) is 1.56. The predicted molar refractivity (Wildman–Crippen MR) is 128 cm³/mol. The molecule has 2 atom stereocenters. The third-order valence-electron chi connectivity index (χ3n) is 4.80. The maximum absolute atomic E-state index is 12.5. The summed E-state index contributed by atoms with van der Waals surface area (Å²) in [7, 11) is 6.70. The molecule has 0 saturated heterocycles. The van der Waals surface area contributed by atoms with Gasteiger partial charge in [0.05, 0.1) is 38.6 Å². The summed E-state index contributed by atoms with van der Waals surface area (Å²) in [5, 5.41) is 19.2. The van der Waals surface area contributed by atoms with Crippen molar-refractivity contribution in [3.8, 4) is 17.2 Å². The number of esters is 2. The molecule has 0 bridgehead atoms. The molecule has 10 heteroatoms. The summed E-state index contributed by atoms with van der Waals surface area (Å²) in [6.45, 7) is 5.72. The van der Waals surface area contributed by atoms with Crippen molar-refractivity contribution in [2.75, 3.05) is 61.1 Å². The number of ether oxygens (including phenoxy) is 4. The Labute approximate surface area is 202 Å². The normalized spacial score (nSPS) is 13.0. The molecule has 0 aromatic heterocycles. The van der Waals surface area contributed by atoms with Crippen LogP contribution in [0.15, 0.2) is 12.1 Å². The van der Waals surface area contributed by atoms with E-state index in [-0.39, 0.29) is 35.8 Å². The average molecular weight is 485 g/mol. The summed E-state index contributed by atoms with van der Waals surface area (Å²) in [6, 6.07) is 2.90. The smallest absolute Gasteiger partial charge is 0.338 e. The number of hydrogen-bond acceptors (Lipinski definition) is 10. The lowest BCUT2D eigenvalue weighted by Crippen LogP contribution is -2.37. The van der Waals surface area contributed by atoms with Crippen LogP contribution in [0, 0.1) is 0 Å². The van der Waals surface area contributed by atoms with Crippen molar-refractivity contribution in [3.05, 3.63) is 17.7 Å². The zero-order valence-electron chi connectivity index (χ0n) is 21.2. The van der Waals surface area contributed by atoms with Crippen molar-refractivity contribution in [1.29, 1.82) is 0 Å². The van der Waals surface area contributed by atoms with Gasteiger partial charge in [0.1, 0.15) is 0 Å². The first kappa shape index (κ1) is 29.6. The fraction of sp³-hybridized carbons (Fsp3) is 0.667. The molecule has 1 rings (SSSR count). The van der Waals surface area contributed by atoms with E-state index in [2.05, 4.69) is 0 Å². The topological polar surface area (TPSA) is 118 Å². The second-order valence-corrected chi connectivity index (χ2v) is 8.54. The number of nitrogens with zero attached hydrogens (tertiary/aromatic N) is 2. The first-order chi connectivity index (χ1) is 16.1. The molecular weight excluding hydrogens is 444 g/mol. The highest BCUT2D eigenvalue weighted by molar-refractivity contribution is 5.91. The number of rotatable bonds is 16. The van der Waals surface area contributed by atoms with Gasteiger partial charge in [0, 0.05) is 26.1 Å². The van der Waals surface area contributed by atoms with Crippen LogP contribution < -0.4 is 14.2 Å². The minimum Gasteiger partial charge on any atom is -0.493 e. The van der Waals surface area contributed by atoms with E-state index in [0.29, 0.717) is 32.5 Å². The SMILES string of the molecule is COc1cc(C(=O)OCCCN(C)C)cc(OC)c1OC(=O)CCCN(CC(C)O)CC(C)O. The molecule has 0 fully saturated rings. The van der Waals surface area contributed by atoms with Gasteiger partial charge in [-0.05, 0) is 59.5 Å². The van der Waals surface area contributed by atoms with Crippen LogP contribution in [-0.4, -0.2) is 105 Å². The molecule has 0 heterocycles. The maximum atomic E-state index is 12.5. The summed E-state index contributed by atoms with van der Waals surface area (Å²) < 4.78 is 21.5. The molecule has 194 valence electrons. The van der Waals surface area contributed by atoms with E-state index in [4.69, 9.17) is 18.9 Å². The molecular formula is C24H40N2O8. The quantitative estimate of drug-likeness (QED) is 0.203. The molecule has 10 nitrogen and oxygen atoms in total. The molecule has 0 spiro atoms. The maximum Gasteiger partial charge on any atom is 0.338 e. The molecule has 0 aliphatic rings. The van der Waals surface area contributed by atoms with E-state index in [9.17, 15) is 19.8 Å². The monoisotopic (exact) mass is 484 g/mol. The Hall–Kier alpha value is -2.40. The molecule has 1 aromatic rings. The largest absolute Gasteiger partial charge is 0.493 e. The second-order valence-electron chi connectivity index (χ2n) is 8.54. The summed E-state index contributed by atoms with van der Waals surface area (Å²) in [4.78, 5) is 28.8. The van der Waals surface area contributed by atoms with E-state index >= 15 is 0 Å². The van der Waals surface area contributed by atoms with E-state index in [0.717, 1.165) is 6.54 Å². The zero-order valence-corrected chi connectivity index (χ0v) is 21.2. The molecule has 0 saturated carbocycles. The molecule has 0 aliphatic heterocycles. The van der Waals surface area contributed by atoms with E-state index in [1.165, 1.54) is 26.4 Å². The Morgan fingerprint density at radius 1 is 0.941 bits per heavy atom. The Bertz CT molecular complexity index is 732. The van der Waals surface area contributed by atoms with Crippen molar-refractivity contribution in [3.63, 3.8) is 0 Å². The van der Waals surface area contributed by atoms with Gasteiger partial charge in [0.15, 0.2) is 11.5 Å². The number of benzene rings is 1. The lowest BCUT2D eigenvalue weighted by Gasteiger charge is -2.24. The number of hydrogen-bond donors (Lipinski definition) is 2. The second kappa shape index (κ2) is 15.5. The number of carbonyl (C=O) groups is 2. The van der Waals surface area contributed by atoms with Gasteiger partial charge < -0.3 is 34.1 Å². The number of aliphatic hydroxyl groups excluding tert-OH is 2. The van der Waals surface area contributed by atoms with E-state index in [1.807, 2.05) is 23.9 Å². The summed E-state index contributed by atoms with van der Waals surface area (Å²) in [5.41, 5.74) is 0.227. The van der Waals surface area contributed by atoms with E-state index < -0.39 is 24.1 Å². The first-order valence-corrected chi connectivity index (χ1v) is 11.4. The molecule has 34 heavy (non-hydrogen) atoms. The molecule has 0 amide bonds. The van der Waals surface area contributed by atoms with Crippen molar-refractivity contribution >= 4 is 11.9 Å². The van der Waals surface area contributed by atoms with Crippen LogP contribution in [0.25, 0.3) is 0 Å². The van der Waals surface area contributed by atoms with Crippen LogP contribution in [0.4, 0.5) is 0 Å². The Kier molecular flexibility index (Phi) is 13.5. The third-order valence-corrected chi connectivity index (χ3v) is 4.80. The van der Waals surface area contributed by atoms with Crippen LogP contribution in [-0.2, 0) is 9.53 Å². The molecule has 0 radical (unpaired) electrons. The Morgan fingerprint density at radius 3 is 1.97 bits per heavy atom. The minimum atomic E-state index is -0.544. The highest BCUT2D eigenvalue weighted by Gasteiger charge is 2.21. The van der Waals surface area contributed by atoms with Crippen LogP contribution in [0.3, 0.4) is 0 Å². The number of methoxy groups -OCH3 is 2. The van der Waals surface area contributed by atoms with Crippen molar-refractivity contribution in [2.45, 2.75) is 45.3 Å². The van der Waals surface area contributed by atoms with Gasteiger partial charge in [-0.15, -0.1) is 0 Å². The number of aliphatic hydroxyl groups is 2. The van der Waals surface area contributed by atoms with Crippen molar-refractivity contribution < 1.29 is 38.7 Å². The molecule has 2 N–H and O–H groups in total. The molecule has 0 aliphatic carbocycles. The van der Waals surface area contributed by atoms with Gasteiger partial charge in [0.2, 0.25) is 5.75 Å². The summed E-state index contributed by atoms with van der Waals surface area (Å²) >= 11 is 0. The van der Waals surface area contributed by atoms with Gasteiger partial charge in [-0.2, -0.15) is 0 Å². The zero-order chi connectivity index (χ0) is 25.7. The lowest BCUT2D eigenvalue weighted by atomic mass is 10.2. The highest BCUT2D eigenvalue weighted by atomic mass is 16.6. The average Bonchev–Trinajstić information content (AvgIpc) is 2.75. The summed E-state index contributed by atoms with van der Waals surface area (Å²) in [5.74, 6) is -0.575. The van der Waals surface area contributed by atoms with E-state index in [1.54, 1.807) is 13.8 Å². The van der Waals surface area contributed by atoms with Gasteiger partial charge in [-0.1, -0.05) is 0 Å². The van der Waals surface area contributed by atoms with Crippen LogP contribution in [0.5, 0.6) is 17.2 Å². The van der Waals surface area contributed by atoms with Crippen LogP contribution in [0.1, 0.15) is 43.5 Å². The van der Waals surface area contributed by atoms with Crippen molar-refractivity contribution in [1.82, 2.24) is 9.80 Å². The number of carbonyl (C=O) groups excluding carboxylic acids is 2. The highest BCUT2D eigenvalue weighted by Crippen LogP contribution is 2.39. The van der Waals surface area contributed by atoms with Gasteiger partial charge >= 0.3 is 11.9 Å². The van der Waals surface area contributed by atoms with Crippen LogP contribution >= 0.6 is 0 Å². The fourth-order valence-corrected chi connectivity index (χ4v) is 3.34. The standard InChI is InChI=1S/C24H40N2O8/c1-17(27)15-26(16-18(2)28)11-7-9-22(29)34-23-20(31-5)13-19(14-21(23)32-6)24(30)33-12-8-10-25(3)4/h13-14,17-18,27-28H,7-12,15-16H2,1-6H3. The minimum absolute atomic E-state index is 0.0870. The van der Waals surface area contributed by atoms with Gasteiger partial charge in [0.25, 0.3) is 0 Å². The van der Waals surface area contributed by atoms with Gasteiger partial charge in [-0.3, -0.25) is 9.69 Å². The molecule has 1 aromatic carbocycles. The van der Waals surface area contributed by atoms with Crippen molar-refractivity contribution in [2.24, 2.45) is 0 Å². The Balaban J connectivity index is 2.78. The van der Waals surface area contributed by atoms with Crippen LogP contribution in [0.2, 0.25) is 0 Å². The summed E-state index contributed by atoms with van der Waals surface area (Å²) in [6.07, 6.45) is 0.197. The fourth-order valence-electron chi connectivity index (χ4n) is 3.34. The lowest BCUT2D eigenvalue weighted by molar-refractivity contribution is -0.134. The Morgan fingerprint density at radius 2 is 1.50 bits per heavy atom. The third kappa shape index (κ3) is 11.1. The molecule has 2 unspecified atom stereocenters. The first-order valence-electron chi connectivity index (χ1n) is 11.4. The van der Waals surface area contributed by atoms with Gasteiger partial charge in [-0.25, -0.2) is 4.79 Å².